The summed E-state index contributed by atoms with van der Waals surface area (Å²) in [6.45, 7) is 8.16. The van der Waals surface area contributed by atoms with Gasteiger partial charge in [0.15, 0.2) is 6.04 Å². The van der Waals surface area contributed by atoms with Crippen LogP contribution in [0.5, 0.6) is 0 Å². The Bertz CT molecular complexity index is 298. The van der Waals surface area contributed by atoms with Crippen molar-refractivity contribution < 1.29 is 23.5 Å². The first-order valence-electron chi connectivity index (χ1n) is 5.05. The third-order valence-corrected chi connectivity index (χ3v) is 1.67. The average molecular weight is 247 g/mol. The molecule has 0 aliphatic carbocycles. The number of esters is 1. The molecule has 1 N–H and O–H groups in total. The number of hydrogen-bond acceptors (Lipinski definition) is 4. The summed E-state index contributed by atoms with van der Waals surface area (Å²) < 4.78 is 22.6. The molecule has 0 saturated carbocycles. The van der Waals surface area contributed by atoms with Gasteiger partial charge < -0.3 is 14.8 Å². The molecule has 0 aromatic heterocycles. The number of alkyl halides is 1. The van der Waals surface area contributed by atoms with E-state index < -0.39 is 29.9 Å². The summed E-state index contributed by atoms with van der Waals surface area (Å²) in [6.07, 6.45) is -1.73. The molecular formula is C11H18FNO4. The third kappa shape index (κ3) is 5.89. The van der Waals surface area contributed by atoms with Crippen molar-refractivity contribution in [2.45, 2.75) is 38.6 Å². The Morgan fingerprint density at radius 2 is 1.94 bits per heavy atom. The van der Waals surface area contributed by atoms with Crippen LogP contribution in [-0.4, -0.2) is 37.0 Å². The van der Waals surface area contributed by atoms with Crippen LogP contribution in [0.2, 0.25) is 0 Å². The van der Waals surface area contributed by atoms with E-state index in [1.54, 1.807) is 20.8 Å². The fourth-order valence-corrected chi connectivity index (χ4v) is 0.966. The number of amides is 1. The van der Waals surface area contributed by atoms with Crippen molar-refractivity contribution in [2.75, 3.05) is 7.11 Å². The van der Waals surface area contributed by atoms with Crippen molar-refractivity contribution in [3.8, 4) is 0 Å². The minimum atomic E-state index is -1.74. The summed E-state index contributed by atoms with van der Waals surface area (Å²) >= 11 is 0. The van der Waals surface area contributed by atoms with Gasteiger partial charge >= 0.3 is 12.1 Å². The number of rotatable bonds is 4. The highest BCUT2D eigenvalue weighted by Crippen LogP contribution is 2.09. The molecule has 6 heteroatoms. The molecule has 0 aromatic carbocycles. The van der Waals surface area contributed by atoms with Crippen LogP contribution in [0.15, 0.2) is 12.7 Å². The number of methoxy groups -OCH3 is 1. The second-order valence-electron chi connectivity index (χ2n) is 4.33. The van der Waals surface area contributed by atoms with Gasteiger partial charge in [0.1, 0.15) is 11.8 Å². The molecule has 0 spiro atoms. The van der Waals surface area contributed by atoms with Crippen molar-refractivity contribution in [3.05, 3.63) is 12.7 Å². The monoisotopic (exact) mass is 247 g/mol. The van der Waals surface area contributed by atoms with Gasteiger partial charge in [-0.3, -0.25) is 0 Å². The van der Waals surface area contributed by atoms with Gasteiger partial charge in [0.2, 0.25) is 0 Å². The Hall–Kier alpha value is -1.59. The summed E-state index contributed by atoms with van der Waals surface area (Å²) in [5.41, 5.74) is -0.731. The normalized spacial score (nSPS) is 14.4. The van der Waals surface area contributed by atoms with E-state index in [1.165, 1.54) is 0 Å². The van der Waals surface area contributed by atoms with Crippen LogP contribution < -0.4 is 5.32 Å². The van der Waals surface area contributed by atoms with Gasteiger partial charge in [-0.15, -0.1) is 6.58 Å². The van der Waals surface area contributed by atoms with Crippen LogP contribution in [0, 0.1) is 0 Å². The molecule has 1 amide bonds. The van der Waals surface area contributed by atoms with Crippen LogP contribution in [0.25, 0.3) is 0 Å². The molecule has 0 aromatic rings. The van der Waals surface area contributed by atoms with Gasteiger partial charge in [-0.2, -0.15) is 0 Å². The second-order valence-corrected chi connectivity index (χ2v) is 4.33. The number of halogens is 1. The summed E-state index contributed by atoms with van der Waals surface area (Å²) in [4.78, 5) is 22.6. The van der Waals surface area contributed by atoms with E-state index in [0.717, 1.165) is 13.2 Å². The quantitative estimate of drug-likeness (QED) is 0.605. The molecule has 0 rings (SSSR count). The van der Waals surface area contributed by atoms with Gasteiger partial charge in [0.05, 0.1) is 7.11 Å². The van der Waals surface area contributed by atoms with Crippen LogP contribution >= 0.6 is 0 Å². The maximum Gasteiger partial charge on any atom is 0.408 e. The maximum absolute atomic E-state index is 13.3. The Balaban J connectivity index is 4.60. The molecule has 0 saturated heterocycles. The predicted molar refractivity (Wildman–Crippen MR) is 60.3 cm³/mol. The highest BCUT2D eigenvalue weighted by atomic mass is 19.1. The Kier molecular flexibility index (Phi) is 5.64. The van der Waals surface area contributed by atoms with E-state index in [4.69, 9.17) is 4.74 Å². The molecule has 0 aliphatic rings. The summed E-state index contributed by atoms with van der Waals surface area (Å²) in [5.74, 6) is -0.900. The fourth-order valence-electron chi connectivity index (χ4n) is 0.966. The largest absolute Gasteiger partial charge is 0.467 e. The van der Waals surface area contributed by atoms with E-state index in [2.05, 4.69) is 16.6 Å². The van der Waals surface area contributed by atoms with Crippen LogP contribution in [0.4, 0.5) is 9.18 Å². The smallest absolute Gasteiger partial charge is 0.408 e. The van der Waals surface area contributed by atoms with Gasteiger partial charge in [0, 0.05) is 0 Å². The lowest BCUT2D eigenvalue weighted by Crippen LogP contribution is -2.48. The lowest BCUT2D eigenvalue weighted by molar-refractivity contribution is -0.144. The van der Waals surface area contributed by atoms with Gasteiger partial charge in [-0.1, -0.05) is 6.08 Å². The first-order chi connectivity index (χ1) is 7.71. The van der Waals surface area contributed by atoms with Crippen molar-refractivity contribution >= 4 is 12.1 Å². The van der Waals surface area contributed by atoms with Gasteiger partial charge in [-0.25, -0.2) is 14.0 Å². The molecule has 0 radical (unpaired) electrons. The average Bonchev–Trinajstić information content (AvgIpc) is 2.21. The Labute approximate surface area is 100.0 Å². The zero-order valence-electron chi connectivity index (χ0n) is 10.5. The number of carbonyl (C=O) groups is 2. The van der Waals surface area contributed by atoms with Crippen LogP contribution in [-0.2, 0) is 14.3 Å². The first kappa shape index (κ1) is 15.4. The van der Waals surface area contributed by atoms with Gasteiger partial charge in [-0.05, 0) is 20.8 Å². The molecule has 1 unspecified atom stereocenters. The molecule has 0 fully saturated rings. The van der Waals surface area contributed by atoms with E-state index in [-0.39, 0.29) is 0 Å². The highest BCUT2D eigenvalue weighted by molar-refractivity contribution is 5.82. The van der Waals surface area contributed by atoms with Crippen LogP contribution in [0.3, 0.4) is 0 Å². The predicted octanol–water partition coefficient (Wildman–Crippen LogP) is 1.58. The lowest BCUT2D eigenvalue weighted by atomic mass is 10.2. The van der Waals surface area contributed by atoms with E-state index in [0.29, 0.717) is 0 Å². The third-order valence-electron chi connectivity index (χ3n) is 1.67. The zero-order chi connectivity index (χ0) is 13.6. The SMILES string of the molecule is C=CC(F)[C@@H](NC(=O)OC(C)(C)C)C(=O)OC. The van der Waals surface area contributed by atoms with Gasteiger partial charge in [0.25, 0.3) is 0 Å². The number of nitrogens with one attached hydrogen (secondary N) is 1. The van der Waals surface area contributed by atoms with E-state index >= 15 is 0 Å². The maximum atomic E-state index is 13.3. The summed E-state index contributed by atoms with van der Waals surface area (Å²) in [7, 11) is 1.10. The van der Waals surface area contributed by atoms with E-state index in [1.807, 2.05) is 0 Å². The zero-order valence-corrected chi connectivity index (χ0v) is 10.5. The molecular weight excluding hydrogens is 229 g/mol. The number of alkyl carbamates (subject to hydrolysis) is 1. The molecule has 5 nitrogen and oxygen atoms in total. The van der Waals surface area contributed by atoms with Crippen molar-refractivity contribution in [3.63, 3.8) is 0 Å². The standard InChI is InChI=1S/C11H18FNO4/c1-6-7(12)8(9(14)16-5)13-10(15)17-11(2,3)4/h6-8H,1H2,2-5H3,(H,13,15)/t7?,8-/m1/s1. The minimum Gasteiger partial charge on any atom is -0.467 e. The van der Waals surface area contributed by atoms with Crippen molar-refractivity contribution in [1.29, 1.82) is 0 Å². The number of ether oxygens (including phenoxy) is 2. The van der Waals surface area contributed by atoms with E-state index in [9.17, 15) is 14.0 Å². The summed E-state index contributed by atoms with van der Waals surface area (Å²) in [5, 5.41) is 2.09. The molecule has 98 valence electrons. The van der Waals surface area contributed by atoms with Crippen molar-refractivity contribution in [2.24, 2.45) is 0 Å². The molecule has 0 bridgehead atoms. The molecule has 0 heterocycles. The second kappa shape index (κ2) is 6.22. The first-order valence-corrected chi connectivity index (χ1v) is 5.05. The number of hydrogen-bond donors (Lipinski definition) is 1. The fraction of sp³-hybridized carbons (Fsp3) is 0.636. The number of carbonyl (C=O) groups excluding carboxylic acids is 2. The molecule has 0 aliphatic heterocycles. The highest BCUT2D eigenvalue weighted by Gasteiger charge is 2.30. The topological polar surface area (TPSA) is 64.6 Å². The lowest BCUT2D eigenvalue weighted by Gasteiger charge is -2.23. The minimum absolute atomic E-state index is 0.731. The summed E-state index contributed by atoms with van der Waals surface area (Å²) in [6, 6.07) is -1.45. The molecule has 17 heavy (non-hydrogen) atoms. The van der Waals surface area contributed by atoms with Crippen molar-refractivity contribution in [1.82, 2.24) is 5.32 Å². The Morgan fingerprint density at radius 3 is 2.29 bits per heavy atom. The molecule has 2 atom stereocenters. The van der Waals surface area contributed by atoms with Crippen LogP contribution in [0.1, 0.15) is 20.8 Å². The Morgan fingerprint density at radius 1 is 1.41 bits per heavy atom.